The smallest absolute Gasteiger partial charge is 0.187 e. The minimum absolute atomic E-state index is 0.820. The number of fused-ring (bicyclic) bond motifs is 1. The summed E-state index contributed by atoms with van der Waals surface area (Å²) in [5.41, 5.74) is 5.99. The summed E-state index contributed by atoms with van der Waals surface area (Å²) in [6.45, 7) is 4.37. The maximum atomic E-state index is 4.89. The van der Waals surface area contributed by atoms with Gasteiger partial charge in [0.1, 0.15) is 0 Å². The summed E-state index contributed by atoms with van der Waals surface area (Å²) in [5, 5.41) is 14.5. The first-order chi connectivity index (χ1) is 12.8. The molecule has 0 saturated carbocycles. The summed E-state index contributed by atoms with van der Waals surface area (Å²) in [5.74, 6) is 1.64. The first kappa shape index (κ1) is 17.0. The van der Waals surface area contributed by atoms with Gasteiger partial charge in [0.05, 0.1) is 5.71 Å². The summed E-state index contributed by atoms with van der Waals surface area (Å²) in [4.78, 5) is 0. The van der Waals surface area contributed by atoms with Crippen molar-refractivity contribution in [3.63, 3.8) is 0 Å². The summed E-state index contributed by atoms with van der Waals surface area (Å²) in [6.07, 6.45) is 3.25. The van der Waals surface area contributed by atoms with E-state index in [9.17, 15) is 0 Å². The standard InChI is InChI=1S/C21H22N4S/c1-3-7-15-10-12-17(13-11-15)19-14-26-21-23-22-20(25(21)24-19)18-9-6-5-8-16(18)4-2/h5-6,8-13H,3-4,7,14H2,1-2H3. The number of hydrogen-bond acceptors (Lipinski definition) is 4. The van der Waals surface area contributed by atoms with Crippen LogP contribution in [0.25, 0.3) is 11.4 Å². The van der Waals surface area contributed by atoms with Crippen LogP contribution >= 0.6 is 11.8 Å². The molecule has 26 heavy (non-hydrogen) atoms. The van der Waals surface area contributed by atoms with Crippen LogP contribution in [-0.2, 0) is 12.8 Å². The van der Waals surface area contributed by atoms with Crippen LogP contribution in [-0.4, -0.2) is 26.3 Å². The van der Waals surface area contributed by atoms with E-state index in [1.165, 1.54) is 23.1 Å². The second-order valence-corrected chi connectivity index (χ2v) is 7.35. The molecule has 0 spiro atoms. The van der Waals surface area contributed by atoms with Gasteiger partial charge in [0.2, 0.25) is 5.16 Å². The van der Waals surface area contributed by atoms with Crippen LogP contribution in [0.4, 0.5) is 0 Å². The zero-order valence-electron chi connectivity index (χ0n) is 15.1. The Balaban J connectivity index is 1.73. The van der Waals surface area contributed by atoms with Crippen molar-refractivity contribution < 1.29 is 0 Å². The minimum Gasteiger partial charge on any atom is -0.187 e. The molecule has 5 heteroatoms. The molecule has 4 nitrogen and oxygen atoms in total. The van der Waals surface area contributed by atoms with E-state index in [1.807, 2.05) is 10.7 Å². The number of nitrogens with zero attached hydrogens (tertiary/aromatic N) is 4. The van der Waals surface area contributed by atoms with Crippen molar-refractivity contribution in [2.75, 3.05) is 5.75 Å². The van der Waals surface area contributed by atoms with Gasteiger partial charge in [0.25, 0.3) is 0 Å². The van der Waals surface area contributed by atoms with E-state index < -0.39 is 0 Å². The van der Waals surface area contributed by atoms with Gasteiger partial charge in [-0.2, -0.15) is 9.78 Å². The fourth-order valence-electron chi connectivity index (χ4n) is 3.24. The van der Waals surface area contributed by atoms with Crippen molar-refractivity contribution in [2.24, 2.45) is 5.10 Å². The van der Waals surface area contributed by atoms with Crippen molar-refractivity contribution in [2.45, 2.75) is 38.3 Å². The first-order valence-electron chi connectivity index (χ1n) is 9.13. The SMILES string of the molecule is CCCc1ccc(C2=Nn3c(nnc3-c3ccccc3CC)SC2)cc1. The fourth-order valence-corrected chi connectivity index (χ4v) is 4.07. The van der Waals surface area contributed by atoms with Gasteiger partial charge in [-0.1, -0.05) is 80.6 Å². The van der Waals surface area contributed by atoms with Gasteiger partial charge in [-0.05, 0) is 29.5 Å². The topological polar surface area (TPSA) is 43.1 Å². The molecule has 0 amide bonds. The molecule has 2 aromatic carbocycles. The van der Waals surface area contributed by atoms with Crippen molar-refractivity contribution >= 4 is 17.5 Å². The Kier molecular flexibility index (Phi) is 4.89. The molecule has 0 saturated heterocycles. The van der Waals surface area contributed by atoms with E-state index in [2.05, 4.69) is 66.5 Å². The highest BCUT2D eigenvalue weighted by Crippen LogP contribution is 2.30. The van der Waals surface area contributed by atoms with Gasteiger partial charge in [0, 0.05) is 11.3 Å². The molecule has 0 N–H and O–H groups in total. The maximum Gasteiger partial charge on any atom is 0.212 e. The predicted octanol–water partition coefficient (Wildman–Crippen LogP) is 4.82. The van der Waals surface area contributed by atoms with Gasteiger partial charge in [-0.15, -0.1) is 10.2 Å². The average Bonchev–Trinajstić information content (AvgIpc) is 3.12. The van der Waals surface area contributed by atoms with Crippen LogP contribution in [0, 0.1) is 0 Å². The second kappa shape index (κ2) is 7.46. The van der Waals surface area contributed by atoms with E-state index in [0.29, 0.717) is 0 Å². The Bertz CT molecular complexity index is 941. The number of thioether (sulfide) groups is 1. The maximum absolute atomic E-state index is 4.89. The summed E-state index contributed by atoms with van der Waals surface area (Å²) in [6, 6.07) is 17.1. The second-order valence-electron chi connectivity index (χ2n) is 6.41. The number of aromatic nitrogens is 3. The van der Waals surface area contributed by atoms with Crippen molar-refractivity contribution in [1.29, 1.82) is 0 Å². The Morgan fingerprint density at radius 2 is 1.81 bits per heavy atom. The number of rotatable bonds is 5. The van der Waals surface area contributed by atoms with E-state index in [-0.39, 0.29) is 0 Å². The Morgan fingerprint density at radius 1 is 1.00 bits per heavy atom. The number of hydrogen-bond donors (Lipinski definition) is 0. The molecule has 132 valence electrons. The fraction of sp³-hybridized carbons (Fsp3) is 0.286. The molecule has 3 aromatic rings. The third-order valence-electron chi connectivity index (χ3n) is 4.64. The van der Waals surface area contributed by atoms with Crippen LogP contribution in [0.2, 0.25) is 0 Å². The van der Waals surface area contributed by atoms with Gasteiger partial charge < -0.3 is 0 Å². The lowest BCUT2D eigenvalue weighted by atomic mass is 10.0. The van der Waals surface area contributed by atoms with Crippen molar-refractivity contribution in [1.82, 2.24) is 14.9 Å². The molecule has 0 bridgehead atoms. The third kappa shape index (κ3) is 3.19. The van der Waals surface area contributed by atoms with E-state index in [0.717, 1.165) is 40.9 Å². The number of benzene rings is 2. The molecule has 0 aliphatic carbocycles. The van der Waals surface area contributed by atoms with Gasteiger partial charge >= 0.3 is 0 Å². The molecule has 4 rings (SSSR count). The minimum atomic E-state index is 0.820. The average molecular weight is 363 g/mol. The van der Waals surface area contributed by atoms with Crippen LogP contribution in [0.5, 0.6) is 0 Å². The van der Waals surface area contributed by atoms with E-state index in [4.69, 9.17) is 5.10 Å². The molecule has 1 aliphatic heterocycles. The first-order valence-corrected chi connectivity index (χ1v) is 10.1. The molecule has 1 aliphatic rings. The highest BCUT2D eigenvalue weighted by atomic mass is 32.2. The van der Waals surface area contributed by atoms with E-state index in [1.54, 1.807) is 11.8 Å². The highest BCUT2D eigenvalue weighted by molar-refractivity contribution is 7.99. The monoisotopic (exact) mass is 362 g/mol. The zero-order chi connectivity index (χ0) is 17.9. The summed E-state index contributed by atoms with van der Waals surface area (Å²) < 4.78 is 1.90. The molecule has 2 heterocycles. The lowest BCUT2D eigenvalue weighted by Gasteiger charge is -2.15. The van der Waals surface area contributed by atoms with Crippen molar-refractivity contribution in [3.05, 3.63) is 65.2 Å². The molecule has 0 radical (unpaired) electrons. The Hall–Kier alpha value is -2.40. The Labute approximate surface area is 158 Å². The zero-order valence-corrected chi connectivity index (χ0v) is 16.0. The van der Waals surface area contributed by atoms with Crippen LogP contribution in [0.3, 0.4) is 0 Å². The third-order valence-corrected chi connectivity index (χ3v) is 5.57. The quantitative estimate of drug-likeness (QED) is 0.654. The van der Waals surface area contributed by atoms with E-state index >= 15 is 0 Å². The normalized spacial score (nSPS) is 13.4. The molecule has 0 atom stereocenters. The number of aryl methyl sites for hydroxylation is 2. The molecule has 0 fully saturated rings. The summed E-state index contributed by atoms with van der Waals surface area (Å²) >= 11 is 1.69. The summed E-state index contributed by atoms with van der Waals surface area (Å²) in [7, 11) is 0. The van der Waals surface area contributed by atoms with Crippen molar-refractivity contribution in [3.8, 4) is 11.4 Å². The van der Waals surface area contributed by atoms with Gasteiger partial charge in [0.15, 0.2) is 5.82 Å². The molecular weight excluding hydrogens is 340 g/mol. The van der Waals surface area contributed by atoms with Crippen LogP contribution in [0.15, 0.2) is 58.8 Å². The van der Waals surface area contributed by atoms with Gasteiger partial charge in [-0.25, -0.2) is 0 Å². The molecular formula is C21H22N4S. The van der Waals surface area contributed by atoms with Crippen LogP contribution < -0.4 is 0 Å². The largest absolute Gasteiger partial charge is 0.212 e. The molecule has 1 aromatic heterocycles. The predicted molar refractivity (Wildman–Crippen MR) is 108 cm³/mol. The lowest BCUT2D eigenvalue weighted by Crippen LogP contribution is -2.14. The van der Waals surface area contributed by atoms with Gasteiger partial charge in [-0.3, -0.25) is 0 Å². The lowest BCUT2D eigenvalue weighted by molar-refractivity contribution is 0.762. The van der Waals surface area contributed by atoms with Crippen LogP contribution in [0.1, 0.15) is 37.0 Å². The highest BCUT2D eigenvalue weighted by Gasteiger charge is 2.21. The Morgan fingerprint density at radius 3 is 2.58 bits per heavy atom. The molecule has 0 unspecified atom stereocenters.